The molecule has 0 bridgehead atoms. The van der Waals surface area contributed by atoms with Crippen molar-refractivity contribution in [3.63, 3.8) is 0 Å². The number of hydrogen-bond acceptors (Lipinski definition) is 8. The van der Waals surface area contributed by atoms with E-state index in [4.69, 9.17) is 13.9 Å². The van der Waals surface area contributed by atoms with Crippen LogP contribution in [0.4, 0.5) is 0 Å². The Labute approximate surface area is 228 Å². The highest BCUT2D eigenvalue weighted by Crippen LogP contribution is 2.36. The largest absolute Gasteiger partial charge is 0.481 e. The Morgan fingerprint density at radius 2 is 1.63 bits per heavy atom. The Balaban J connectivity index is 1.84. The maximum Gasteiger partial charge on any atom is 0.324 e. The molecule has 0 aromatic heterocycles. The van der Waals surface area contributed by atoms with Gasteiger partial charge in [-0.3, -0.25) is 14.5 Å². The van der Waals surface area contributed by atoms with Gasteiger partial charge in [-0.25, -0.2) is 8.42 Å². The third-order valence-corrected chi connectivity index (χ3v) is 12.8. The van der Waals surface area contributed by atoms with E-state index in [2.05, 4.69) is 51.0 Å². The number of piperazine rings is 1. The van der Waals surface area contributed by atoms with E-state index >= 15 is 0 Å². The van der Waals surface area contributed by atoms with E-state index in [0.717, 1.165) is 6.26 Å². The fourth-order valence-electron chi connectivity index (χ4n) is 3.49. The van der Waals surface area contributed by atoms with E-state index in [1.807, 2.05) is 4.90 Å². The maximum atomic E-state index is 12.7. The molecule has 0 aliphatic carbocycles. The van der Waals surface area contributed by atoms with Crippen LogP contribution in [0.3, 0.4) is 0 Å². The van der Waals surface area contributed by atoms with Crippen molar-refractivity contribution in [2.45, 2.75) is 44.9 Å². The van der Waals surface area contributed by atoms with Crippen LogP contribution in [0, 0.1) is 11.8 Å². The summed E-state index contributed by atoms with van der Waals surface area (Å²) in [6, 6.07) is 5.93. The third kappa shape index (κ3) is 9.39. The first-order chi connectivity index (χ1) is 17.7. The first-order valence-corrected chi connectivity index (χ1v) is 17.3. The van der Waals surface area contributed by atoms with Crippen LogP contribution in [0.2, 0.25) is 18.1 Å². The fourth-order valence-corrected chi connectivity index (χ4v) is 5.19. The summed E-state index contributed by atoms with van der Waals surface area (Å²) < 4.78 is 41.4. The summed E-state index contributed by atoms with van der Waals surface area (Å²) in [6.07, 6.45) is 1.16. The van der Waals surface area contributed by atoms with Gasteiger partial charge in [-0.1, -0.05) is 32.6 Å². The second-order valence-electron chi connectivity index (χ2n) is 10.7. The van der Waals surface area contributed by atoms with E-state index in [0.29, 0.717) is 31.0 Å². The molecule has 1 aromatic carbocycles. The van der Waals surface area contributed by atoms with Crippen molar-refractivity contribution in [1.82, 2.24) is 14.5 Å². The standard InChI is InChI=1S/C26H41N3O7SSi/c1-26(2,3)38(6,7)36-19-9-8-18-35-22-12-10-21(11-13-22)24(30)27-20-23(25(31)34-4)28-14-16-29(17-15-28)37(5,32)33/h10-13,23H,14-20H2,1-7H3,(H,27,30)/t23-/m0/s1. The molecule has 1 aliphatic heterocycles. The zero-order valence-electron chi connectivity index (χ0n) is 23.5. The third-order valence-electron chi connectivity index (χ3n) is 6.98. The second kappa shape index (κ2) is 13.6. The van der Waals surface area contributed by atoms with Crippen LogP contribution in [0.25, 0.3) is 0 Å². The van der Waals surface area contributed by atoms with Gasteiger partial charge < -0.3 is 19.2 Å². The van der Waals surface area contributed by atoms with Crippen molar-refractivity contribution in [2.75, 3.05) is 59.3 Å². The predicted octanol–water partition coefficient (Wildman–Crippen LogP) is 1.94. The van der Waals surface area contributed by atoms with Crippen LogP contribution < -0.4 is 10.1 Å². The fraction of sp³-hybridized carbons (Fsp3) is 0.615. The van der Waals surface area contributed by atoms with Gasteiger partial charge in [-0.2, -0.15) is 4.31 Å². The number of nitrogens with one attached hydrogen (secondary N) is 1. The van der Waals surface area contributed by atoms with Gasteiger partial charge in [0.15, 0.2) is 8.32 Å². The molecule has 2 rings (SSSR count). The molecule has 1 amide bonds. The van der Waals surface area contributed by atoms with Gasteiger partial charge in [0.2, 0.25) is 10.0 Å². The molecule has 212 valence electrons. The number of esters is 1. The lowest BCUT2D eigenvalue weighted by Crippen LogP contribution is -2.57. The molecule has 0 saturated carbocycles. The lowest BCUT2D eigenvalue weighted by Gasteiger charge is -2.37. The molecule has 1 aliphatic rings. The predicted molar refractivity (Wildman–Crippen MR) is 149 cm³/mol. The highest BCUT2D eigenvalue weighted by Gasteiger charge is 2.37. The molecule has 38 heavy (non-hydrogen) atoms. The molecule has 1 N–H and O–H groups in total. The molecule has 1 saturated heterocycles. The van der Waals surface area contributed by atoms with Gasteiger partial charge >= 0.3 is 5.97 Å². The molecule has 1 atom stereocenters. The van der Waals surface area contributed by atoms with Gasteiger partial charge in [-0.15, -0.1) is 0 Å². The van der Waals surface area contributed by atoms with Crippen LogP contribution in [-0.4, -0.2) is 103 Å². The number of amides is 1. The van der Waals surface area contributed by atoms with Gasteiger partial charge in [0, 0.05) is 38.3 Å². The van der Waals surface area contributed by atoms with Gasteiger partial charge in [-0.05, 0) is 42.4 Å². The minimum absolute atomic E-state index is 0.0369. The lowest BCUT2D eigenvalue weighted by atomic mass is 10.1. The maximum absolute atomic E-state index is 12.7. The lowest BCUT2D eigenvalue weighted by molar-refractivity contribution is -0.147. The minimum Gasteiger partial charge on any atom is -0.481 e. The van der Waals surface area contributed by atoms with Gasteiger partial charge in [0.25, 0.3) is 5.91 Å². The van der Waals surface area contributed by atoms with Crippen molar-refractivity contribution >= 4 is 30.2 Å². The number of ether oxygens (including phenoxy) is 2. The molecule has 10 nitrogen and oxygen atoms in total. The molecule has 1 fully saturated rings. The Hall–Kier alpha value is -2.43. The number of nitrogens with zero attached hydrogens (tertiary/aromatic N) is 2. The number of benzene rings is 1. The normalized spacial score (nSPS) is 16.2. The molecular formula is C26H41N3O7SSi. The molecule has 0 spiro atoms. The number of hydrogen-bond donors (Lipinski definition) is 1. The Morgan fingerprint density at radius 1 is 1.05 bits per heavy atom. The highest BCUT2D eigenvalue weighted by molar-refractivity contribution is 7.88. The summed E-state index contributed by atoms with van der Waals surface area (Å²) in [4.78, 5) is 26.9. The average Bonchev–Trinajstić information content (AvgIpc) is 2.85. The van der Waals surface area contributed by atoms with Crippen LogP contribution in [0.5, 0.6) is 5.75 Å². The van der Waals surface area contributed by atoms with Crippen molar-refractivity contribution in [3.05, 3.63) is 29.8 Å². The molecule has 0 radical (unpaired) electrons. The molecule has 1 heterocycles. The SMILES string of the molecule is COC(=O)[C@H](CNC(=O)c1ccc(OCC#CCO[Si](C)(C)C(C)(C)C)cc1)N1CCN(S(C)(=O)=O)CC1. The minimum atomic E-state index is -3.29. The number of methoxy groups -OCH3 is 1. The van der Waals surface area contributed by atoms with Crippen molar-refractivity contribution in [1.29, 1.82) is 0 Å². The molecule has 12 heteroatoms. The summed E-state index contributed by atoms with van der Waals surface area (Å²) in [6.45, 7) is 12.8. The Morgan fingerprint density at radius 3 is 2.16 bits per heavy atom. The first-order valence-electron chi connectivity index (χ1n) is 12.5. The van der Waals surface area contributed by atoms with E-state index in [9.17, 15) is 18.0 Å². The van der Waals surface area contributed by atoms with E-state index < -0.39 is 30.4 Å². The molecule has 0 unspecified atom stereocenters. The van der Waals surface area contributed by atoms with Crippen LogP contribution in [0.15, 0.2) is 24.3 Å². The average molecular weight is 568 g/mol. The van der Waals surface area contributed by atoms with Crippen LogP contribution in [-0.2, 0) is 24.0 Å². The summed E-state index contributed by atoms with van der Waals surface area (Å²) in [5, 5.41) is 2.91. The number of rotatable bonds is 10. The number of carbonyl (C=O) groups excluding carboxylic acids is 2. The monoisotopic (exact) mass is 567 g/mol. The zero-order valence-corrected chi connectivity index (χ0v) is 25.3. The van der Waals surface area contributed by atoms with Crippen molar-refractivity contribution in [3.8, 4) is 17.6 Å². The topological polar surface area (TPSA) is 114 Å². The summed E-state index contributed by atoms with van der Waals surface area (Å²) >= 11 is 0. The smallest absolute Gasteiger partial charge is 0.324 e. The van der Waals surface area contributed by atoms with Crippen molar-refractivity contribution in [2.24, 2.45) is 0 Å². The highest BCUT2D eigenvalue weighted by atomic mass is 32.2. The quantitative estimate of drug-likeness (QED) is 0.259. The van der Waals surface area contributed by atoms with Crippen LogP contribution in [0.1, 0.15) is 31.1 Å². The van der Waals surface area contributed by atoms with E-state index in [-0.39, 0.29) is 37.2 Å². The van der Waals surface area contributed by atoms with Gasteiger partial charge in [0.1, 0.15) is 18.4 Å². The zero-order chi connectivity index (χ0) is 28.6. The van der Waals surface area contributed by atoms with Gasteiger partial charge in [0.05, 0.1) is 20.0 Å². The molecular weight excluding hydrogens is 526 g/mol. The Bertz CT molecular complexity index is 1110. The van der Waals surface area contributed by atoms with E-state index in [1.54, 1.807) is 24.3 Å². The van der Waals surface area contributed by atoms with E-state index in [1.165, 1.54) is 11.4 Å². The summed E-state index contributed by atoms with van der Waals surface area (Å²) in [5.74, 6) is 5.69. The molecule has 1 aromatic rings. The summed E-state index contributed by atoms with van der Waals surface area (Å²) in [5.41, 5.74) is 0.414. The summed E-state index contributed by atoms with van der Waals surface area (Å²) in [7, 11) is -3.82. The van der Waals surface area contributed by atoms with Crippen molar-refractivity contribution < 1.29 is 31.9 Å². The number of carbonyl (C=O) groups is 2. The second-order valence-corrected chi connectivity index (χ2v) is 17.5. The Kier molecular flexibility index (Phi) is 11.4. The van der Waals surface area contributed by atoms with Crippen LogP contribution >= 0.6 is 0 Å². The first kappa shape index (κ1) is 31.8. The number of sulfonamides is 1.